The van der Waals surface area contributed by atoms with Crippen LogP contribution in [0.1, 0.15) is 38.2 Å². The van der Waals surface area contributed by atoms with Gasteiger partial charge in [-0.15, -0.1) is 0 Å². The number of carbonyl (C=O) groups is 1. The summed E-state index contributed by atoms with van der Waals surface area (Å²) < 4.78 is 33.3. The molecule has 4 rings (SSSR count). The van der Waals surface area contributed by atoms with E-state index in [9.17, 15) is 13.2 Å². The minimum atomic E-state index is -3.63. The number of amides is 1. The second-order valence-electron chi connectivity index (χ2n) is 9.07. The number of carbonyl (C=O) groups excluding carboxylic acids is 1. The van der Waals surface area contributed by atoms with Crippen LogP contribution in [0, 0.1) is 11.8 Å². The van der Waals surface area contributed by atoms with Crippen molar-refractivity contribution >= 4 is 15.9 Å². The van der Waals surface area contributed by atoms with Crippen LogP contribution in [0.5, 0.6) is 5.75 Å². The van der Waals surface area contributed by atoms with Gasteiger partial charge in [0.2, 0.25) is 15.9 Å². The van der Waals surface area contributed by atoms with Crippen LogP contribution in [0.3, 0.4) is 0 Å². The van der Waals surface area contributed by atoms with E-state index in [4.69, 9.17) is 4.74 Å². The third-order valence-electron chi connectivity index (χ3n) is 6.80. The van der Waals surface area contributed by atoms with Crippen LogP contribution in [0.15, 0.2) is 59.5 Å². The van der Waals surface area contributed by atoms with Crippen molar-refractivity contribution in [2.24, 2.45) is 11.8 Å². The van der Waals surface area contributed by atoms with Crippen molar-refractivity contribution in [2.75, 3.05) is 32.8 Å². The van der Waals surface area contributed by atoms with E-state index in [2.05, 4.69) is 24.3 Å². The van der Waals surface area contributed by atoms with Crippen molar-refractivity contribution in [3.63, 3.8) is 0 Å². The van der Waals surface area contributed by atoms with E-state index < -0.39 is 10.0 Å². The van der Waals surface area contributed by atoms with Gasteiger partial charge in [-0.25, -0.2) is 8.42 Å². The largest absolute Gasteiger partial charge is 0.494 e. The molecule has 0 unspecified atom stereocenters. The predicted octanol–water partition coefficient (Wildman–Crippen LogP) is 3.97. The van der Waals surface area contributed by atoms with Gasteiger partial charge in [0.05, 0.1) is 17.4 Å². The van der Waals surface area contributed by atoms with Gasteiger partial charge in [0.15, 0.2) is 0 Å². The van der Waals surface area contributed by atoms with Crippen molar-refractivity contribution in [3.8, 4) is 5.75 Å². The Labute approximate surface area is 197 Å². The van der Waals surface area contributed by atoms with Crippen LogP contribution in [0.25, 0.3) is 0 Å². The second-order valence-corrected chi connectivity index (χ2v) is 11.0. The molecule has 2 fully saturated rings. The minimum Gasteiger partial charge on any atom is -0.494 e. The molecule has 2 aromatic rings. The number of hydrogen-bond donors (Lipinski definition) is 0. The fourth-order valence-corrected chi connectivity index (χ4v) is 6.47. The first-order valence-corrected chi connectivity index (χ1v) is 13.5. The molecule has 0 bridgehead atoms. The number of likely N-dealkylation sites (tertiary alicyclic amines) is 1. The molecule has 2 saturated heterocycles. The summed E-state index contributed by atoms with van der Waals surface area (Å²) in [5.74, 6) is 1.10. The molecule has 2 heterocycles. The predicted molar refractivity (Wildman–Crippen MR) is 129 cm³/mol. The van der Waals surface area contributed by atoms with E-state index >= 15 is 0 Å². The maximum Gasteiger partial charge on any atom is 0.243 e. The fraction of sp³-hybridized carbons (Fsp3) is 0.500. The smallest absolute Gasteiger partial charge is 0.243 e. The highest BCUT2D eigenvalue weighted by molar-refractivity contribution is 7.89. The standard InChI is InChI=1S/C26H34N2O4S/c1-2-32-24-10-12-25(13-11-24)33(30,31)28-16-6-9-23(20-28)26(29)27-17-14-22(15-18-27)19-21-7-4-3-5-8-21/h3-5,7-8,10-13,22-23H,2,6,9,14-20H2,1H3/t23-/m1/s1. The molecule has 6 nitrogen and oxygen atoms in total. The van der Waals surface area contributed by atoms with E-state index in [-0.39, 0.29) is 23.3 Å². The molecule has 0 aromatic heterocycles. The third-order valence-corrected chi connectivity index (χ3v) is 8.68. The van der Waals surface area contributed by atoms with Crippen molar-refractivity contribution in [3.05, 3.63) is 60.2 Å². The van der Waals surface area contributed by atoms with E-state index in [1.807, 2.05) is 17.9 Å². The number of nitrogens with zero attached hydrogens (tertiary/aromatic N) is 2. The number of benzene rings is 2. The highest BCUT2D eigenvalue weighted by atomic mass is 32.2. The number of piperidine rings is 2. The van der Waals surface area contributed by atoms with Gasteiger partial charge >= 0.3 is 0 Å². The molecular weight excluding hydrogens is 436 g/mol. The Morgan fingerprint density at radius 3 is 2.33 bits per heavy atom. The minimum absolute atomic E-state index is 0.111. The van der Waals surface area contributed by atoms with Crippen LogP contribution in [0.2, 0.25) is 0 Å². The van der Waals surface area contributed by atoms with Gasteiger partial charge < -0.3 is 9.64 Å². The lowest BCUT2D eigenvalue weighted by Crippen LogP contribution is -2.48. The third kappa shape index (κ3) is 5.76. The molecule has 2 aliphatic heterocycles. The molecule has 1 amide bonds. The van der Waals surface area contributed by atoms with E-state index in [1.54, 1.807) is 24.3 Å². The molecule has 178 valence electrons. The van der Waals surface area contributed by atoms with Crippen molar-refractivity contribution in [1.82, 2.24) is 9.21 Å². The molecule has 0 spiro atoms. The monoisotopic (exact) mass is 470 g/mol. The molecule has 1 atom stereocenters. The van der Waals surface area contributed by atoms with Gasteiger partial charge in [-0.2, -0.15) is 4.31 Å². The maximum atomic E-state index is 13.2. The first-order valence-electron chi connectivity index (χ1n) is 12.0. The molecule has 2 aromatic carbocycles. The average Bonchev–Trinajstić information content (AvgIpc) is 2.85. The molecule has 0 radical (unpaired) electrons. The Kier molecular flexibility index (Phi) is 7.71. The van der Waals surface area contributed by atoms with Gasteiger partial charge in [0, 0.05) is 26.2 Å². The van der Waals surface area contributed by atoms with Crippen molar-refractivity contribution < 1.29 is 17.9 Å². The van der Waals surface area contributed by atoms with Crippen LogP contribution in [-0.4, -0.2) is 56.3 Å². The van der Waals surface area contributed by atoms with Gasteiger partial charge in [0.25, 0.3) is 0 Å². The maximum absolute atomic E-state index is 13.2. The van der Waals surface area contributed by atoms with Gasteiger partial charge in [-0.05, 0) is 74.8 Å². The number of sulfonamides is 1. The number of rotatable bonds is 7. The molecule has 0 N–H and O–H groups in total. The Bertz CT molecular complexity index is 1020. The molecule has 0 saturated carbocycles. The normalized spacial score (nSPS) is 20.5. The lowest BCUT2D eigenvalue weighted by molar-refractivity contribution is -0.138. The van der Waals surface area contributed by atoms with E-state index in [0.717, 1.165) is 38.8 Å². The van der Waals surface area contributed by atoms with Gasteiger partial charge in [-0.1, -0.05) is 30.3 Å². The molecule has 7 heteroatoms. The Hall–Kier alpha value is -2.38. The average molecular weight is 471 g/mol. The van der Waals surface area contributed by atoms with Crippen LogP contribution >= 0.6 is 0 Å². The zero-order valence-corrected chi connectivity index (χ0v) is 20.2. The summed E-state index contributed by atoms with van der Waals surface area (Å²) in [7, 11) is -3.63. The number of hydrogen-bond acceptors (Lipinski definition) is 4. The summed E-state index contributed by atoms with van der Waals surface area (Å²) in [6.45, 7) is 4.67. The molecule has 33 heavy (non-hydrogen) atoms. The van der Waals surface area contributed by atoms with Gasteiger partial charge in [-0.3, -0.25) is 4.79 Å². The second kappa shape index (κ2) is 10.7. The Morgan fingerprint density at radius 2 is 1.67 bits per heavy atom. The van der Waals surface area contributed by atoms with E-state index in [0.29, 0.717) is 31.2 Å². The van der Waals surface area contributed by atoms with Crippen molar-refractivity contribution in [1.29, 1.82) is 0 Å². The zero-order chi connectivity index (χ0) is 23.3. The fourth-order valence-electron chi connectivity index (χ4n) is 4.95. The zero-order valence-electron chi connectivity index (χ0n) is 19.4. The van der Waals surface area contributed by atoms with E-state index in [1.165, 1.54) is 9.87 Å². The van der Waals surface area contributed by atoms with Crippen LogP contribution in [-0.2, 0) is 21.2 Å². The summed E-state index contributed by atoms with van der Waals surface area (Å²) in [5.41, 5.74) is 1.35. The Morgan fingerprint density at radius 1 is 0.970 bits per heavy atom. The number of ether oxygens (including phenoxy) is 1. The summed E-state index contributed by atoms with van der Waals surface area (Å²) in [4.78, 5) is 15.4. The highest BCUT2D eigenvalue weighted by Crippen LogP contribution is 2.28. The molecule has 0 aliphatic carbocycles. The first kappa shape index (κ1) is 23.8. The van der Waals surface area contributed by atoms with Crippen LogP contribution < -0.4 is 4.74 Å². The lowest BCUT2D eigenvalue weighted by Gasteiger charge is -2.37. The first-order chi connectivity index (χ1) is 16.0. The lowest BCUT2D eigenvalue weighted by atomic mass is 9.89. The quantitative estimate of drug-likeness (QED) is 0.614. The van der Waals surface area contributed by atoms with Crippen LogP contribution in [0.4, 0.5) is 0 Å². The van der Waals surface area contributed by atoms with Gasteiger partial charge in [0.1, 0.15) is 5.75 Å². The summed E-state index contributed by atoms with van der Waals surface area (Å²) in [6.07, 6.45) is 4.51. The summed E-state index contributed by atoms with van der Waals surface area (Å²) >= 11 is 0. The molecule has 2 aliphatic rings. The SMILES string of the molecule is CCOc1ccc(S(=O)(=O)N2CCC[C@@H](C(=O)N3CCC(Cc4ccccc4)CC3)C2)cc1. The summed E-state index contributed by atoms with van der Waals surface area (Å²) in [6, 6.07) is 17.1. The topological polar surface area (TPSA) is 66.9 Å². The highest BCUT2D eigenvalue weighted by Gasteiger charge is 2.36. The molecular formula is C26H34N2O4S. The van der Waals surface area contributed by atoms with Crippen molar-refractivity contribution in [2.45, 2.75) is 43.9 Å². The Balaban J connectivity index is 1.33. The summed E-state index contributed by atoms with van der Waals surface area (Å²) in [5, 5.41) is 0.